The van der Waals surface area contributed by atoms with Gasteiger partial charge in [-0.25, -0.2) is 4.98 Å². The van der Waals surface area contributed by atoms with Crippen molar-refractivity contribution < 1.29 is 9.47 Å². The summed E-state index contributed by atoms with van der Waals surface area (Å²) in [6.45, 7) is 1.27. The highest BCUT2D eigenvalue weighted by atomic mass is 16.7. The molecule has 0 atom stereocenters. The van der Waals surface area contributed by atoms with E-state index in [-0.39, 0.29) is 0 Å². The van der Waals surface area contributed by atoms with Crippen molar-refractivity contribution in [2.75, 3.05) is 6.79 Å². The predicted molar refractivity (Wildman–Crippen MR) is 82.9 cm³/mol. The van der Waals surface area contributed by atoms with Crippen molar-refractivity contribution in [1.29, 1.82) is 0 Å². The van der Waals surface area contributed by atoms with Gasteiger partial charge >= 0.3 is 0 Å². The third kappa shape index (κ3) is 1.67. The van der Waals surface area contributed by atoms with Crippen LogP contribution < -0.4 is 9.47 Å². The molecule has 0 amide bonds. The van der Waals surface area contributed by atoms with Crippen LogP contribution in [0.15, 0.2) is 48.7 Å². The van der Waals surface area contributed by atoms with E-state index in [1.807, 2.05) is 18.2 Å². The second-order valence-corrected chi connectivity index (χ2v) is 5.62. The molecule has 2 aliphatic rings. The fourth-order valence-corrected chi connectivity index (χ4v) is 3.19. The lowest BCUT2D eigenvalue weighted by Crippen LogP contribution is -2.09. The predicted octanol–water partition coefficient (Wildman–Crippen LogP) is 3.50. The Labute approximate surface area is 127 Å². The number of nitrogens with zero attached hydrogens (tertiary/aromatic N) is 2. The van der Waals surface area contributed by atoms with E-state index >= 15 is 0 Å². The minimum atomic E-state index is 0.297. The average Bonchev–Trinajstić information content (AvgIpc) is 3.20. The topological polar surface area (TPSA) is 36.3 Å². The molecule has 0 fully saturated rings. The second-order valence-electron chi connectivity index (χ2n) is 5.62. The Hall–Kier alpha value is -2.75. The lowest BCUT2D eigenvalue weighted by atomic mass is 10.0. The molecule has 0 radical (unpaired) electrons. The number of hydrogen-bond acceptors (Lipinski definition) is 3. The summed E-state index contributed by atoms with van der Waals surface area (Å²) in [7, 11) is 0. The van der Waals surface area contributed by atoms with Crippen LogP contribution in [0.2, 0.25) is 0 Å². The molecule has 2 aliphatic heterocycles. The monoisotopic (exact) mass is 290 g/mol. The van der Waals surface area contributed by atoms with Gasteiger partial charge in [0.05, 0.1) is 5.69 Å². The molecule has 0 unspecified atom stereocenters. The second kappa shape index (κ2) is 4.37. The van der Waals surface area contributed by atoms with Gasteiger partial charge in [-0.3, -0.25) is 0 Å². The van der Waals surface area contributed by atoms with Crippen LogP contribution in [0.3, 0.4) is 0 Å². The third-order valence-electron chi connectivity index (χ3n) is 4.33. The van der Waals surface area contributed by atoms with E-state index in [1.165, 1.54) is 11.1 Å². The van der Waals surface area contributed by atoms with Crippen molar-refractivity contribution in [1.82, 2.24) is 9.55 Å². The number of benzene rings is 2. The van der Waals surface area contributed by atoms with Crippen LogP contribution >= 0.6 is 0 Å². The fraction of sp³-hybridized carbons (Fsp3) is 0.167. The number of hydrogen-bond donors (Lipinski definition) is 0. The molecule has 22 heavy (non-hydrogen) atoms. The molecule has 4 nitrogen and oxygen atoms in total. The fourth-order valence-electron chi connectivity index (χ4n) is 3.19. The van der Waals surface area contributed by atoms with E-state index in [9.17, 15) is 0 Å². The SMILES string of the molecule is c1ccc2c(c1)CCn1cc(-c3ccc4c(c3)OCO4)nc1-2. The third-order valence-corrected chi connectivity index (χ3v) is 4.33. The van der Waals surface area contributed by atoms with Crippen molar-refractivity contribution in [3.05, 3.63) is 54.2 Å². The first-order valence-electron chi connectivity index (χ1n) is 7.44. The molecular weight excluding hydrogens is 276 g/mol. The highest BCUT2D eigenvalue weighted by molar-refractivity contribution is 5.70. The first-order valence-corrected chi connectivity index (χ1v) is 7.44. The van der Waals surface area contributed by atoms with E-state index in [0.29, 0.717) is 6.79 Å². The summed E-state index contributed by atoms with van der Waals surface area (Å²) in [5.74, 6) is 2.65. The van der Waals surface area contributed by atoms with E-state index in [1.54, 1.807) is 0 Å². The number of aryl methyl sites for hydroxylation is 2. The molecule has 5 rings (SSSR count). The van der Waals surface area contributed by atoms with E-state index in [4.69, 9.17) is 14.5 Å². The zero-order valence-corrected chi connectivity index (χ0v) is 12.0. The summed E-state index contributed by atoms with van der Waals surface area (Å²) in [6, 6.07) is 14.5. The first-order chi connectivity index (χ1) is 10.9. The average molecular weight is 290 g/mol. The minimum Gasteiger partial charge on any atom is -0.454 e. The van der Waals surface area contributed by atoms with Crippen molar-refractivity contribution >= 4 is 0 Å². The standard InChI is InChI=1S/C18H14N2O2/c1-2-4-14-12(3-1)7-8-20-10-15(19-18(14)20)13-5-6-16-17(9-13)22-11-21-16/h1-6,9-10H,7-8,11H2. The lowest BCUT2D eigenvalue weighted by molar-refractivity contribution is 0.174. The van der Waals surface area contributed by atoms with Crippen LogP contribution in [0, 0.1) is 0 Å². The maximum absolute atomic E-state index is 5.46. The Kier molecular flexibility index (Phi) is 2.36. The highest BCUT2D eigenvalue weighted by Crippen LogP contribution is 2.37. The number of aromatic nitrogens is 2. The van der Waals surface area contributed by atoms with Gasteiger partial charge in [0.2, 0.25) is 6.79 Å². The van der Waals surface area contributed by atoms with Gasteiger partial charge in [-0.15, -0.1) is 0 Å². The van der Waals surface area contributed by atoms with Gasteiger partial charge in [-0.05, 0) is 30.2 Å². The smallest absolute Gasteiger partial charge is 0.231 e. The van der Waals surface area contributed by atoms with E-state index in [0.717, 1.165) is 41.5 Å². The molecule has 0 saturated carbocycles. The molecule has 0 bridgehead atoms. The van der Waals surface area contributed by atoms with Crippen LogP contribution in [0.4, 0.5) is 0 Å². The Morgan fingerprint density at radius 2 is 1.91 bits per heavy atom. The summed E-state index contributed by atoms with van der Waals surface area (Å²) >= 11 is 0. The molecule has 0 aliphatic carbocycles. The molecular formula is C18H14N2O2. The summed E-state index contributed by atoms with van der Waals surface area (Å²) in [5, 5.41) is 0. The van der Waals surface area contributed by atoms with Crippen LogP contribution in [-0.2, 0) is 13.0 Å². The van der Waals surface area contributed by atoms with Gasteiger partial charge in [0.25, 0.3) is 0 Å². The van der Waals surface area contributed by atoms with Crippen molar-refractivity contribution in [2.45, 2.75) is 13.0 Å². The van der Waals surface area contributed by atoms with Gasteiger partial charge in [-0.1, -0.05) is 24.3 Å². The quantitative estimate of drug-likeness (QED) is 0.688. The Balaban J connectivity index is 1.63. The molecule has 0 N–H and O–H groups in total. The molecule has 0 spiro atoms. The van der Waals surface area contributed by atoms with Crippen molar-refractivity contribution in [2.24, 2.45) is 0 Å². The molecule has 2 aromatic carbocycles. The summed E-state index contributed by atoms with van der Waals surface area (Å²) < 4.78 is 13.1. The van der Waals surface area contributed by atoms with Gasteiger partial charge in [0.1, 0.15) is 5.82 Å². The van der Waals surface area contributed by atoms with Crippen LogP contribution in [0.25, 0.3) is 22.6 Å². The maximum atomic E-state index is 5.46. The van der Waals surface area contributed by atoms with Crippen molar-refractivity contribution in [3.63, 3.8) is 0 Å². The zero-order chi connectivity index (χ0) is 14.5. The molecule has 3 aromatic rings. The minimum absolute atomic E-state index is 0.297. The Morgan fingerprint density at radius 1 is 1.00 bits per heavy atom. The lowest BCUT2D eigenvalue weighted by Gasteiger charge is -2.17. The number of rotatable bonds is 1. The molecule has 1 aromatic heterocycles. The summed E-state index contributed by atoms with van der Waals surface area (Å²) in [5.41, 5.74) is 4.65. The van der Waals surface area contributed by atoms with Gasteiger partial charge in [-0.2, -0.15) is 0 Å². The number of fused-ring (bicyclic) bond motifs is 4. The largest absolute Gasteiger partial charge is 0.454 e. The normalized spacial score (nSPS) is 14.5. The van der Waals surface area contributed by atoms with Gasteiger partial charge < -0.3 is 14.0 Å². The highest BCUT2D eigenvalue weighted by Gasteiger charge is 2.20. The summed E-state index contributed by atoms with van der Waals surface area (Å²) in [6.07, 6.45) is 3.18. The Bertz CT molecular complexity index is 883. The van der Waals surface area contributed by atoms with Gasteiger partial charge in [0, 0.05) is 23.9 Å². The van der Waals surface area contributed by atoms with Crippen molar-refractivity contribution in [3.8, 4) is 34.1 Å². The van der Waals surface area contributed by atoms with E-state index < -0.39 is 0 Å². The molecule has 3 heterocycles. The molecule has 108 valence electrons. The summed E-state index contributed by atoms with van der Waals surface area (Å²) in [4.78, 5) is 4.85. The van der Waals surface area contributed by atoms with Crippen LogP contribution in [0.1, 0.15) is 5.56 Å². The zero-order valence-electron chi connectivity index (χ0n) is 12.0. The van der Waals surface area contributed by atoms with Gasteiger partial charge in [0.15, 0.2) is 11.5 Å². The first kappa shape index (κ1) is 11.9. The molecule has 4 heteroatoms. The molecule has 0 saturated heterocycles. The maximum Gasteiger partial charge on any atom is 0.231 e. The number of imidazole rings is 1. The Morgan fingerprint density at radius 3 is 2.91 bits per heavy atom. The van der Waals surface area contributed by atoms with E-state index in [2.05, 4.69) is 35.0 Å². The number of ether oxygens (including phenoxy) is 2. The van der Waals surface area contributed by atoms with Crippen LogP contribution in [-0.4, -0.2) is 16.3 Å². The van der Waals surface area contributed by atoms with Crippen LogP contribution in [0.5, 0.6) is 11.5 Å².